The average molecular weight is 325 g/mol. The van der Waals surface area contributed by atoms with Crippen LogP contribution in [0.15, 0.2) is 27.3 Å². The van der Waals surface area contributed by atoms with Crippen LogP contribution in [0.25, 0.3) is 11.6 Å². The molecular weight excluding hydrogens is 310 g/mol. The van der Waals surface area contributed by atoms with Crippen molar-refractivity contribution in [2.24, 2.45) is 0 Å². The van der Waals surface area contributed by atoms with Crippen molar-refractivity contribution in [3.05, 3.63) is 24.3 Å². The fourth-order valence-corrected chi connectivity index (χ4v) is 3.40. The van der Waals surface area contributed by atoms with Gasteiger partial charge in [-0.05, 0) is 12.1 Å². The summed E-state index contributed by atoms with van der Waals surface area (Å²) in [5.74, 6) is 1.15. The molecule has 8 nitrogen and oxygen atoms in total. The summed E-state index contributed by atoms with van der Waals surface area (Å²) in [7, 11) is -2.98. The monoisotopic (exact) mass is 325 g/mol. The summed E-state index contributed by atoms with van der Waals surface area (Å²) < 4.78 is 32.9. The van der Waals surface area contributed by atoms with Gasteiger partial charge >= 0.3 is 0 Å². The molecule has 0 bridgehead atoms. The molecule has 3 heterocycles. The zero-order valence-corrected chi connectivity index (χ0v) is 12.6. The summed E-state index contributed by atoms with van der Waals surface area (Å²) in [6.45, 7) is 0.505. The van der Waals surface area contributed by atoms with Gasteiger partial charge in [-0.1, -0.05) is 5.16 Å². The first-order valence-electron chi connectivity index (χ1n) is 6.88. The van der Waals surface area contributed by atoms with E-state index >= 15 is 0 Å². The Hall–Kier alpha value is -2.16. The molecule has 0 aromatic carbocycles. The standard InChI is InChI=1S/C13H15N3O5S/c17-12(16-5-8-22(18,19)9-6-16)4-3-11-14-13(15-21-11)10-2-1-7-20-10/h1-2,7H,3-6,8-9H2. The quantitative estimate of drug-likeness (QED) is 0.806. The predicted octanol–water partition coefficient (Wildman–Crippen LogP) is 0.519. The second-order valence-corrected chi connectivity index (χ2v) is 7.33. The van der Waals surface area contributed by atoms with Crippen LogP contribution in [0.3, 0.4) is 0 Å². The van der Waals surface area contributed by atoms with Gasteiger partial charge in [-0.3, -0.25) is 4.79 Å². The number of furan rings is 1. The van der Waals surface area contributed by atoms with Crippen molar-refractivity contribution in [1.82, 2.24) is 15.0 Å². The molecule has 1 aliphatic rings. The van der Waals surface area contributed by atoms with Gasteiger partial charge in [-0.25, -0.2) is 8.42 Å². The van der Waals surface area contributed by atoms with Gasteiger partial charge in [0.1, 0.15) is 0 Å². The zero-order chi connectivity index (χ0) is 15.6. The molecule has 0 N–H and O–H groups in total. The number of amides is 1. The summed E-state index contributed by atoms with van der Waals surface area (Å²) in [4.78, 5) is 17.8. The number of carbonyl (C=O) groups is 1. The van der Waals surface area contributed by atoms with Crippen molar-refractivity contribution in [2.45, 2.75) is 12.8 Å². The highest BCUT2D eigenvalue weighted by molar-refractivity contribution is 7.91. The summed E-state index contributed by atoms with van der Waals surface area (Å²) in [6.07, 6.45) is 2.04. The average Bonchev–Trinajstić information content (AvgIpc) is 3.15. The predicted molar refractivity (Wildman–Crippen MR) is 75.6 cm³/mol. The SMILES string of the molecule is O=C(CCc1nc(-c2ccco2)no1)N1CCS(=O)(=O)CC1. The minimum Gasteiger partial charge on any atom is -0.461 e. The molecule has 0 radical (unpaired) electrons. The van der Waals surface area contributed by atoms with Crippen molar-refractivity contribution < 1.29 is 22.2 Å². The number of aromatic nitrogens is 2. The molecule has 22 heavy (non-hydrogen) atoms. The van der Waals surface area contributed by atoms with Crippen LogP contribution in [0.2, 0.25) is 0 Å². The van der Waals surface area contributed by atoms with Gasteiger partial charge in [0.2, 0.25) is 17.6 Å². The van der Waals surface area contributed by atoms with Crippen LogP contribution in [-0.4, -0.2) is 54.0 Å². The Bertz CT molecular complexity index is 736. The first kappa shape index (κ1) is 14.8. The minimum absolute atomic E-state index is 0.0297. The Morgan fingerprint density at radius 1 is 1.32 bits per heavy atom. The van der Waals surface area contributed by atoms with E-state index in [2.05, 4.69) is 10.1 Å². The van der Waals surface area contributed by atoms with E-state index in [1.807, 2.05) is 0 Å². The fourth-order valence-electron chi connectivity index (χ4n) is 2.20. The maximum atomic E-state index is 12.0. The van der Waals surface area contributed by atoms with E-state index in [1.165, 1.54) is 6.26 Å². The molecule has 0 unspecified atom stereocenters. The van der Waals surface area contributed by atoms with E-state index < -0.39 is 9.84 Å². The van der Waals surface area contributed by atoms with Crippen molar-refractivity contribution >= 4 is 15.7 Å². The Morgan fingerprint density at radius 2 is 2.09 bits per heavy atom. The highest BCUT2D eigenvalue weighted by atomic mass is 32.2. The number of nitrogens with zero attached hydrogens (tertiary/aromatic N) is 3. The number of hydrogen-bond acceptors (Lipinski definition) is 7. The van der Waals surface area contributed by atoms with Gasteiger partial charge in [0.25, 0.3) is 0 Å². The van der Waals surface area contributed by atoms with Crippen LogP contribution in [0.4, 0.5) is 0 Å². The van der Waals surface area contributed by atoms with Crippen molar-refractivity contribution in [1.29, 1.82) is 0 Å². The second-order valence-electron chi connectivity index (χ2n) is 5.02. The Morgan fingerprint density at radius 3 is 2.77 bits per heavy atom. The number of rotatable bonds is 4. The van der Waals surface area contributed by atoms with E-state index in [4.69, 9.17) is 8.94 Å². The molecule has 9 heteroatoms. The molecule has 3 rings (SSSR count). The number of aryl methyl sites for hydroxylation is 1. The topological polar surface area (TPSA) is 107 Å². The fraction of sp³-hybridized carbons (Fsp3) is 0.462. The molecule has 0 spiro atoms. The number of carbonyl (C=O) groups excluding carboxylic acids is 1. The first-order valence-corrected chi connectivity index (χ1v) is 8.70. The Balaban J connectivity index is 1.53. The van der Waals surface area contributed by atoms with Gasteiger partial charge in [0.15, 0.2) is 15.6 Å². The van der Waals surface area contributed by atoms with E-state index in [0.717, 1.165) is 0 Å². The molecule has 0 saturated carbocycles. The maximum Gasteiger partial charge on any atom is 0.238 e. The molecule has 118 valence electrons. The van der Waals surface area contributed by atoms with Crippen LogP contribution in [0.5, 0.6) is 0 Å². The smallest absolute Gasteiger partial charge is 0.238 e. The molecule has 1 amide bonds. The third kappa shape index (κ3) is 3.35. The van der Waals surface area contributed by atoms with Crippen LogP contribution < -0.4 is 0 Å². The first-order chi connectivity index (χ1) is 10.5. The molecule has 1 fully saturated rings. The van der Waals surface area contributed by atoms with Gasteiger partial charge in [0, 0.05) is 25.9 Å². The van der Waals surface area contributed by atoms with Gasteiger partial charge in [0.05, 0.1) is 17.8 Å². The lowest BCUT2D eigenvalue weighted by molar-refractivity contribution is -0.130. The zero-order valence-electron chi connectivity index (χ0n) is 11.8. The lowest BCUT2D eigenvalue weighted by atomic mass is 10.2. The van der Waals surface area contributed by atoms with E-state index in [9.17, 15) is 13.2 Å². The second kappa shape index (κ2) is 5.91. The largest absolute Gasteiger partial charge is 0.461 e. The Kier molecular flexibility index (Phi) is 3.97. The molecule has 1 saturated heterocycles. The third-order valence-corrected chi connectivity index (χ3v) is 5.07. The number of sulfone groups is 1. The van der Waals surface area contributed by atoms with E-state index in [-0.39, 0.29) is 36.9 Å². The summed E-state index contributed by atoms with van der Waals surface area (Å²) in [6, 6.07) is 3.44. The van der Waals surface area contributed by atoms with Crippen LogP contribution in [0.1, 0.15) is 12.3 Å². The Labute approximate surface area is 127 Å². The molecule has 2 aromatic heterocycles. The van der Waals surface area contributed by atoms with E-state index in [0.29, 0.717) is 23.9 Å². The lowest BCUT2D eigenvalue weighted by Gasteiger charge is -2.26. The lowest BCUT2D eigenvalue weighted by Crippen LogP contribution is -2.43. The minimum atomic E-state index is -2.98. The van der Waals surface area contributed by atoms with Crippen LogP contribution in [0, 0.1) is 0 Å². The maximum absolute atomic E-state index is 12.0. The summed E-state index contributed by atoms with van der Waals surface area (Å²) in [5.41, 5.74) is 0. The third-order valence-electron chi connectivity index (χ3n) is 3.46. The van der Waals surface area contributed by atoms with E-state index in [1.54, 1.807) is 17.0 Å². The summed E-state index contributed by atoms with van der Waals surface area (Å²) in [5, 5.41) is 3.78. The molecule has 2 aromatic rings. The normalized spacial score (nSPS) is 17.5. The highest BCUT2D eigenvalue weighted by Gasteiger charge is 2.25. The molecular formula is C13H15N3O5S. The van der Waals surface area contributed by atoms with Crippen LogP contribution >= 0.6 is 0 Å². The highest BCUT2D eigenvalue weighted by Crippen LogP contribution is 2.16. The van der Waals surface area contributed by atoms with Crippen molar-refractivity contribution in [2.75, 3.05) is 24.6 Å². The van der Waals surface area contributed by atoms with Gasteiger partial charge < -0.3 is 13.8 Å². The molecule has 0 atom stereocenters. The van der Waals surface area contributed by atoms with Crippen molar-refractivity contribution in [3.63, 3.8) is 0 Å². The molecule has 0 aliphatic carbocycles. The van der Waals surface area contributed by atoms with Gasteiger partial charge in [-0.2, -0.15) is 4.98 Å². The van der Waals surface area contributed by atoms with Crippen molar-refractivity contribution in [3.8, 4) is 11.6 Å². The number of hydrogen-bond donors (Lipinski definition) is 0. The van der Waals surface area contributed by atoms with Gasteiger partial charge in [-0.15, -0.1) is 0 Å². The van der Waals surface area contributed by atoms with Crippen LogP contribution in [-0.2, 0) is 21.1 Å². The molecule has 1 aliphatic heterocycles. The summed E-state index contributed by atoms with van der Waals surface area (Å²) >= 11 is 0.